The monoisotopic (exact) mass is 1780 g/mol. The van der Waals surface area contributed by atoms with Gasteiger partial charge in [-0.25, -0.2) is 73.5 Å². The van der Waals surface area contributed by atoms with Crippen LogP contribution in [-0.4, -0.2) is 145 Å². The van der Waals surface area contributed by atoms with Crippen molar-refractivity contribution in [3.8, 4) is 45.0 Å². The maximum Gasteiger partial charge on any atom is 0.255 e. The molecule has 35 heteroatoms. The number of aromatic amines is 4. The Labute approximate surface area is 739 Å². The zero-order valence-corrected chi connectivity index (χ0v) is 72.2. The maximum atomic E-state index is 12.7. The summed E-state index contributed by atoms with van der Waals surface area (Å²) < 4.78 is 98.6. The Balaban J connectivity index is 0.00000176. The Kier molecular flexibility index (Phi) is 26.4. The second-order valence-corrected chi connectivity index (χ2v) is 39.8. The molecule has 0 fully saturated rings. The highest BCUT2D eigenvalue weighted by Gasteiger charge is 2.26. The summed E-state index contributed by atoms with van der Waals surface area (Å²) in [4.78, 5) is 99.3. The molecular weight excluding hydrogens is 1670 g/mol. The number of nitrogens with one attached hydrogen (secondary N) is 9. The van der Waals surface area contributed by atoms with Crippen molar-refractivity contribution in [3.63, 3.8) is 0 Å². The minimum atomic E-state index is -3.35. The molecule has 0 spiro atoms. The number of fused-ring (bicyclic) bond motifs is 4. The molecule has 0 saturated heterocycles. The Hall–Kier alpha value is -14.5. The van der Waals surface area contributed by atoms with Crippen LogP contribution in [0.25, 0.3) is 89.7 Å². The van der Waals surface area contributed by atoms with Gasteiger partial charge in [0, 0.05) is 106 Å². The van der Waals surface area contributed by atoms with Crippen LogP contribution in [0, 0.1) is 0 Å². The molecule has 0 bridgehead atoms. The second-order valence-electron chi connectivity index (χ2n) is 29.7. The molecule has 664 valence electrons. The highest BCUT2D eigenvalue weighted by molar-refractivity contribution is 7.93. The van der Waals surface area contributed by atoms with Crippen LogP contribution in [0.15, 0.2) is 269 Å². The molecule has 13 N–H and O–H groups in total. The van der Waals surface area contributed by atoms with E-state index >= 15 is 0 Å². The summed E-state index contributed by atoms with van der Waals surface area (Å²) in [7, 11) is -11.5. The van der Waals surface area contributed by atoms with Gasteiger partial charge in [-0.15, -0.1) is 0 Å². The van der Waals surface area contributed by atoms with Crippen LogP contribution in [0.5, 0.6) is 0 Å². The lowest BCUT2D eigenvalue weighted by atomic mass is 10.1. The normalized spacial score (nSPS) is 11.7. The second kappa shape index (κ2) is 37.4. The summed E-state index contributed by atoms with van der Waals surface area (Å²) in [6, 6.07) is 55.7. The third-order valence-electron chi connectivity index (χ3n) is 19.9. The number of anilines is 6. The minimum absolute atomic E-state index is 0. The summed E-state index contributed by atoms with van der Waals surface area (Å²) in [5, 5.41) is 12.5. The highest BCUT2D eigenvalue weighted by Crippen LogP contribution is 2.33. The van der Waals surface area contributed by atoms with Gasteiger partial charge in [-0.1, -0.05) is 84.9 Å². The molecule has 16 aromatic rings. The van der Waals surface area contributed by atoms with E-state index in [1.807, 2.05) is 25.2 Å². The molecule has 31 nitrogen and oxygen atoms in total. The van der Waals surface area contributed by atoms with Crippen molar-refractivity contribution in [2.24, 2.45) is 0 Å². The summed E-state index contributed by atoms with van der Waals surface area (Å²) in [5.74, 6) is -1.10. The number of nitrogen functional groups attached to an aromatic ring is 2. The molecule has 4 amide bonds. The van der Waals surface area contributed by atoms with Crippen LogP contribution in [0.4, 0.5) is 34.1 Å². The molecule has 125 heavy (non-hydrogen) atoms. The first-order valence-electron chi connectivity index (χ1n) is 39.2. The van der Waals surface area contributed by atoms with E-state index in [-0.39, 0.29) is 61.8 Å². The zero-order chi connectivity index (χ0) is 89.2. The van der Waals surface area contributed by atoms with Gasteiger partial charge in [0.2, 0.25) is 0 Å². The molecule has 8 heterocycles. The van der Waals surface area contributed by atoms with Crippen molar-refractivity contribution in [2.75, 3.05) is 39.8 Å². The van der Waals surface area contributed by atoms with Gasteiger partial charge in [0.25, 0.3) is 23.6 Å². The number of benzene rings is 8. The quantitative estimate of drug-likeness (QED) is 0.0281. The number of nitrogens with two attached hydrogens (primary N) is 2. The number of rotatable bonds is 22. The molecule has 16 rings (SSSR count). The summed E-state index contributed by atoms with van der Waals surface area (Å²) in [5.41, 5.74) is 26.9. The van der Waals surface area contributed by atoms with E-state index in [1.54, 1.807) is 287 Å². The van der Waals surface area contributed by atoms with Gasteiger partial charge in [0.05, 0.1) is 111 Å². The Morgan fingerprint density at radius 3 is 0.864 bits per heavy atom. The molecule has 8 aromatic carbocycles. The third kappa shape index (κ3) is 20.2. The first-order chi connectivity index (χ1) is 59.7. The third-order valence-corrected chi connectivity index (χ3v) is 28.5. The van der Waals surface area contributed by atoms with Gasteiger partial charge in [-0.05, 0) is 183 Å². The number of aromatic nitrogens is 12. The number of carbonyl (C=O) groups excluding carboxylic acids is 4. The number of amides is 4. The standard InChI is InChI=1S/C24H25N5O3S.2C22H21N5O3S.C22H20N4O3S.13H2/c1-15(2)33(31,32)19-10-8-17(9-11-19)20-13-26-23-22(28-20)21(14-27-23)29-24(30)18-6-4-16(5-7-18)12-25-3;1-13(2)31(29,30)17-9-5-14(6-10-17)18-11-24-21-20(26-18)19(12-25-21)27-22(28)15-3-7-16(23)8-4-15;1-13(2)31(29,30)17-8-6-14(7-9-17)18-11-24-21-20(26-18)19(12-25-21)27-22(28)15-4-3-5-16(23)10-15;1-14(2)30(28,29)17-10-8-15(9-11-17)18-12-23-21-20(25-18)19(13-24-21)26-22(27)16-6-4-3-5-7-16;;;;;;;;;;;;;/h4-11,13-15,25H,12H2,1-3H3,(H,26,27)(H,29,30);2*3-13H,23H2,1-2H3,(H,24,25)(H,27,28);3-14H,1-2H3,(H,23,24)(H,26,27);13*1H. The Morgan fingerprint density at radius 1 is 0.328 bits per heavy atom. The van der Waals surface area contributed by atoms with Crippen molar-refractivity contribution in [1.82, 2.24) is 65.1 Å². The molecule has 0 unspecified atom stereocenters. The average molecular weight is 1780 g/mol. The van der Waals surface area contributed by atoms with Crippen molar-refractivity contribution in [1.29, 1.82) is 0 Å². The van der Waals surface area contributed by atoms with Gasteiger partial charge < -0.3 is 58.0 Å². The molecule has 0 aliphatic heterocycles. The maximum absolute atomic E-state index is 12.7. The molecule has 0 atom stereocenters. The predicted octanol–water partition coefficient (Wildman–Crippen LogP) is 18.3. The van der Waals surface area contributed by atoms with Crippen molar-refractivity contribution in [3.05, 3.63) is 278 Å². The predicted molar refractivity (Wildman–Crippen MR) is 513 cm³/mol. The molecule has 8 aromatic heterocycles. The van der Waals surface area contributed by atoms with Crippen LogP contribution in [0.1, 0.15) is 121 Å². The number of H-pyrrole nitrogens is 4. The van der Waals surface area contributed by atoms with Crippen LogP contribution in [0.3, 0.4) is 0 Å². The Morgan fingerprint density at radius 2 is 0.592 bits per heavy atom. The SMILES string of the molecule is CC(C)S(=O)(=O)c1ccc(-c2cnc3[nH]cc(NC(=O)c4ccc(N)cc4)c3n2)cc1.CC(C)S(=O)(=O)c1ccc(-c2cnc3[nH]cc(NC(=O)c4cccc(N)c4)c3n2)cc1.CC(C)S(=O)(=O)c1ccc(-c2cnc3[nH]cc(NC(=O)c4ccccc4)c3n2)cc1.CNCc1ccc(C(=O)Nc2c[nH]c3ncc(-c4ccc(S(=O)(=O)C(C)C)cc4)nc23)cc1.[HH].[HH].[HH].[HH].[HH].[HH].[HH].[HH].[HH].[HH].[HH].[HH].[HH]. The number of hydrogen-bond acceptors (Lipinski definition) is 23. The first kappa shape index (κ1) is 88.3. The summed E-state index contributed by atoms with van der Waals surface area (Å²) in [6.07, 6.45) is 12.9. The van der Waals surface area contributed by atoms with E-state index in [1.165, 1.54) is 0 Å². The fraction of sp³-hybridized carbons (Fsp3) is 0.156. The van der Waals surface area contributed by atoms with Crippen LogP contribution in [-0.2, 0) is 45.9 Å². The molecule has 0 aliphatic rings. The van der Waals surface area contributed by atoms with Crippen LogP contribution in [0.2, 0.25) is 0 Å². The van der Waals surface area contributed by atoms with E-state index in [0.29, 0.717) is 135 Å². The highest BCUT2D eigenvalue weighted by atomic mass is 32.2. The number of sulfone groups is 4. The smallest absolute Gasteiger partial charge is 0.255 e. The molecule has 0 saturated carbocycles. The zero-order valence-electron chi connectivity index (χ0n) is 69.0. The number of carbonyl (C=O) groups is 4. The number of nitrogens with zero attached hydrogens (tertiary/aromatic N) is 8. The fourth-order valence-corrected chi connectivity index (χ4v) is 16.8. The summed E-state index contributed by atoms with van der Waals surface area (Å²) >= 11 is 0. The lowest BCUT2D eigenvalue weighted by Crippen LogP contribution is -2.13. The van der Waals surface area contributed by atoms with Gasteiger partial charge in [0.15, 0.2) is 61.9 Å². The summed E-state index contributed by atoms with van der Waals surface area (Å²) in [6.45, 7) is 13.9. The lowest BCUT2D eigenvalue weighted by Gasteiger charge is -2.09. The van der Waals surface area contributed by atoms with E-state index in [2.05, 4.69) is 86.4 Å². The van der Waals surface area contributed by atoms with Gasteiger partial charge in [-0.2, -0.15) is 0 Å². The van der Waals surface area contributed by atoms with E-state index < -0.39 is 60.3 Å². The fourth-order valence-electron chi connectivity index (χ4n) is 12.5. The van der Waals surface area contributed by atoms with E-state index in [0.717, 1.165) is 23.2 Å². The largest absolute Gasteiger partial charge is 0.399 e. The molecule has 0 radical (unpaired) electrons. The van der Waals surface area contributed by atoms with Crippen molar-refractivity contribution in [2.45, 2.75) is 103 Å². The minimum Gasteiger partial charge on any atom is -0.399 e. The van der Waals surface area contributed by atoms with Gasteiger partial charge in [-0.3, -0.25) is 19.2 Å². The van der Waals surface area contributed by atoms with E-state index in [4.69, 9.17) is 11.5 Å². The lowest BCUT2D eigenvalue weighted by molar-refractivity contribution is 0.101. The topological polar surface area (TPSA) is 483 Å². The Bertz CT molecular complexity index is 7220. The van der Waals surface area contributed by atoms with Crippen LogP contribution >= 0.6 is 0 Å². The van der Waals surface area contributed by atoms with Crippen molar-refractivity contribution >= 4 is 142 Å². The number of hydrogen-bond donors (Lipinski definition) is 11. The average Bonchev–Trinajstić information content (AvgIpc) is 1.68. The molecular formula is C90H113N19O12S4. The first-order valence-corrected chi connectivity index (χ1v) is 45.3. The molecule has 0 aliphatic carbocycles. The van der Waals surface area contributed by atoms with Crippen molar-refractivity contribution < 1.29 is 71.4 Å². The van der Waals surface area contributed by atoms with E-state index in [9.17, 15) is 52.8 Å². The van der Waals surface area contributed by atoms with Gasteiger partial charge >= 0.3 is 0 Å². The van der Waals surface area contributed by atoms with Crippen LogP contribution < -0.4 is 38.1 Å². The van der Waals surface area contributed by atoms with Gasteiger partial charge in [0.1, 0.15) is 22.1 Å².